The number of aromatic nitrogens is 2. The molecule has 0 saturated carbocycles. The van der Waals surface area contributed by atoms with Crippen molar-refractivity contribution in [2.75, 3.05) is 11.9 Å². The summed E-state index contributed by atoms with van der Waals surface area (Å²) in [6, 6.07) is 0. The number of esters is 1. The lowest BCUT2D eigenvalue weighted by molar-refractivity contribution is 0.0531. The molecule has 0 spiro atoms. The average Bonchev–Trinajstić information content (AvgIpc) is 2.94. The summed E-state index contributed by atoms with van der Waals surface area (Å²) in [7, 11) is 1.61. The Bertz CT molecular complexity index is 788. The highest BCUT2D eigenvalue weighted by Crippen LogP contribution is 2.24. The molecule has 0 bridgehead atoms. The molecular formula is C13H15N3O4S2. The van der Waals surface area contributed by atoms with Crippen molar-refractivity contribution in [1.29, 1.82) is 0 Å². The van der Waals surface area contributed by atoms with Gasteiger partial charge in [0, 0.05) is 12.7 Å². The molecule has 0 saturated heterocycles. The van der Waals surface area contributed by atoms with E-state index in [4.69, 9.17) is 4.74 Å². The number of carbonyl (C=O) groups is 2. The lowest BCUT2D eigenvalue weighted by Crippen LogP contribution is -2.12. The first-order valence-electron chi connectivity index (χ1n) is 6.47. The van der Waals surface area contributed by atoms with Crippen LogP contribution in [0, 0.1) is 13.8 Å². The first kappa shape index (κ1) is 16.4. The Morgan fingerprint density at radius 2 is 1.95 bits per heavy atom. The number of ether oxygens (including phenoxy) is 1. The summed E-state index contributed by atoms with van der Waals surface area (Å²) in [5.74, 6) is -0.872. The zero-order valence-electron chi connectivity index (χ0n) is 12.6. The number of amides is 1. The fourth-order valence-electron chi connectivity index (χ4n) is 1.72. The van der Waals surface area contributed by atoms with Gasteiger partial charge in [-0.2, -0.15) is 0 Å². The summed E-state index contributed by atoms with van der Waals surface area (Å²) in [5, 5.41) is 2.92. The Morgan fingerprint density at radius 3 is 2.50 bits per heavy atom. The van der Waals surface area contributed by atoms with Crippen LogP contribution in [0.5, 0.6) is 0 Å². The van der Waals surface area contributed by atoms with Crippen LogP contribution in [0.2, 0.25) is 0 Å². The normalized spacial score (nSPS) is 10.5. The van der Waals surface area contributed by atoms with Crippen LogP contribution in [-0.4, -0.2) is 28.0 Å². The number of anilines is 1. The lowest BCUT2D eigenvalue weighted by atomic mass is 10.3. The first-order valence-corrected chi connectivity index (χ1v) is 8.10. The van der Waals surface area contributed by atoms with E-state index in [0.717, 1.165) is 22.7 Å². The molecule has 0 atom stereocenters. The Balaban J connectivity index is 2.22. The molecule has 0 aromatic carbocycles. The van der Waals surface area contributed by atoms with Gasteiger partial charge in [0.1, 0.15) is 9.75 Å². The molecular weight excluding hydrogens is 326 g/mol. The minimum Gasteiger partial charge on any atom is -0.462 e. The summed E-state index contributed by atoms with van der Waals surface area (Å²) in [4.78, 5) is 40.1. The highest BCUT2D eigenvalue weighted by molar-refractivity contribution is 7.18. The first-order chi connectivity index (χ1) is 10.3. The van der Waals surface area contributed by atoms with Crippen molar-refractivity contribution in [2.24, 2.45) is 7.05 Å². The van der Waals surface area contributed by atoms with E-state index in [9.17, 15) is 14.4 Å². The van der Waals surface area contributed by atoms with Crippen LogP contribution >= 0.6 is 22.7 Å². The van der Waals surface area contributed by atoms with Crippen molar-refractivity contribution in [3.63, 3.8) is 0 Å². The second kappa shape index (κ2) is 6.41. The second-order valence-electron chi connectivity index (χ2n) is 4.45. The molecule has 0 aliphatic heterocycles. The van der Waals surface area contributed by atoms with Crippen molar-refractivity contribution in [3.05, 3.63) is 30.8 Å². The Labute approximate surface area is 134 Å². The van der Waals surface area contributed by atoms with Crippen LogP contribution < -0.4 is 10.2 Å². The molecule has 0 fully saturated rings. The van der Waals surface area contributed by atoms with E-state index in [1.54, 1.807) is 27.8 Å². The SMILES string of the molecule is CCOC(=O)c1sc(NC(=O)c2sc(=O)n(C)c2C)nc1C. The topological polar surface area (TPSA) is 90.3 Å². The Hall–Kier alpha value is -2.00. The van der Waals surface area contributed by atoms with Gasteiger partial charge in [-0.05, 0) is 20.8 Å². The minimum atomic E-state index is -0.460. The number of nitrogens with one attached hydrogen (secondary N) is 1. The van der Waals surface area contributed by atoms with Gasteiger partial charge in [-0.15, -0.1) is 0 Å². The van der Waals surface area contributed by atoms with Crippen LogP contribution in [0.3, 0.4) is 0 Å². The fourth-order valence-corrected chi connectivity index (χ4v) is 3.45. The third-order valence-electron chi connectivity index (χ3n) is 2.98. The van der Waals surface area contributed by atoms with E-state index in [2.05, 4.69) is 10.3 Å². The molecule has 0 radical (unpaired) electrons. The van der Waals surface area contributed by atoms with Gasteiger partial charge in [-0.1, -0.05) is 22.7 Å². The summed E-state index contributed by atoms with van der Waals surface area (Å²) in [6.45, 7) is 5.36. The third kappa shape index (κ3) is 3.09. The largest absolute Gasteiger partial charge is 0.462 e. The molecule has 0 aliphatic carbocycles. The van der Waals surface area contributed by atoms with Crippen LogP contribution in [0.15, 0.2) is 4.79 Å². The zero-order valence-corrected chi connectivity index (χ0v) is 14.2. The van der Waals surface area contributed by atoms with Crippen molar-refractivity contribution in [3.8, 4) is 0 Å². The molecule has 22 heavy (non-hydrogen) atoms. The van der Waals surface area contributed by atoms with E-state index < -0.39 is 11.9 Å². The molecule has 2 rings (SSSR count). The van der Waals surface area contributed by atoms with Gasteiger partial charge in [0.2, 0.25) is 0 Å². The van der Waals surface area contributed by atoms with Crippen molar-refractivity contribution in [1.82, 2.24) is 9.55 Å². The van der Waals surface area contributed by atoms with Crippen molar-refractivity contribution < 1.29 is 14.3 Å². The maximum Gasteiger partial charge on any atom is 0.350 e. The Morgan fingerprint density at radius 1 is 1.27 bits per heavy atom. The monoisotopic (exact) mass is 341 g/mol. The highest BCUT2D eigenvalue weighted by atomic mass is 32.1. The van der Waals surface area contributed by atoms with Crippen molar-refractivity contribution in [2.45, 2.75) is 20.8 Å². The van der Waals surface area contributed by atoms with Gasteiger partial charge in [0.05, 0.1) is 12.3 Å². The van der Waals surface area contributed by atoms with E-state index in [1.165, 1.54) is 4.57 Å². The molecule has 0 unspecified atom stereocenters. The predicted molar refractivity (Wildman–Crippen MR) is 85.1 cm³/mol. The van der Waals surface area contributed by atoms with Gasteiger partial charge >= 0.3 is 10.8 Å². The zero-order chi connectivity index (χ0) is 16.4. The summed E-state index contributed by atoms with van der Waals surface area (Å²) in [6.07, 6.45) is 0. The van der Waals surface area contributed by atoms with Gasteiger partial charge in [-0.25, -0.2) is 9.78 Å². The molecule has 2 aromatic heterocycles. The fraction of sp³-hybridized carbons (Fsp3) is 0.385. The van der Waals surface area contributed by atoms with E-state index >= 15 is 0 Å². The van der Waals surface area contributed by atoms with Crippen LogP contribution in [-0.2, 0) is 11.8 Å². The maximum atomic E-state index is 12.2. The number of aryl methyl sites for hydroxylation is 1. The molecule has 1 N–H and O–H groups in total. The summed E-state index contributed by atoms with van der Waals surface area (Å²) in [5.41, 5.74) is 1.09. The quantitative estimate of drug-likeness (QED) is 0.859. The minimum absolute atomic E-state index is 0.204. The van der Waals surface area contributed by atoms with Crippen LogP contribution in [0.1, 0.15) is 37.7 Å². The highest BCUT2D eigenvalue weighted by Gasteiger charge is 2.20. The standard InChI is InChI=1S/C13H15N3O4S2/c1-5-20-11(18)8-6(2)14-12(21-8)15-10(17)9-7(3)16(4)13(19)22-9/h5H2,1-4H3,(H,14,15,17). The van der Waals surface area contributed by atoms with Crippen LogP contribution in [0.25, 0.3) is 0 Å². The van der Waals surface area contributed by atoms with E-state index in [-0.39, 0.29) is 11.5 Å². The molecule has 1 amide bonds. The predicted octanol–water partition coefficient (Wildman–Crippen LogP) is 1.95. The number of hydrogen-bond donors (Lipinski definition) is 1. The van der Waals surface area contributed by atoms with Gasteiger partial charge < -0.3 is 9.30 Å². The molecule has 118 valence electrons. The van der Waals surface area contributed by atoms with Crippen LogP contribution in [0.4, 0.5) is 5.13 Å². The van der Waals surface area contributed by atoms with E-state index in [0.29, 0.717) is 26.3 Å². The molecule has 2 aromatic rings. The third-order valence-corrected chi connectivity index (χ3v) is 5.17. The molecule has 2 heterocycles. The maximum absolute atomic E-state index is 12.2. The van der Waals surface area contributed by atoms with Crippen molar-refractivity contribution >= 4 is 39.7 Å². The van der Waals surface area contributed by atoms with Gasteiger partial charge in [0.25, 0.3) is 5.91 Å². The molecule has 0 aliphatic rings. The average molecular weight is 341 g/mol. The number of carbonyl (C=O) groups excluding carboxylic acids is 2. The molecule has 9 heteroatoms. The Kier molecular flexibility index (Phi) is 4.77. The molecule has 7 nitrogen and oxygen atoms in total. The number of rotatable bonds is 4. The number of thiazole rings is 2. The second-order valence-corrected chi connectivity index (χ2v) is 6.41. The van der Waals surface area contributed by atoms with E-state index in [1.807, 2.05) is 0 Å². The summed E-state index contributed by atoms with van der Waals surface area (Å²) >= 11 is 1.92. The smallest absolute Gasteiger partial charge is 0.350 e. The number of hydrogen-bond acceptors (Lipinski definition) is 7. The lowest BCUT2D eigenvalue weighted by Gasteiger charge is -2.00. The van der Waals surface area contributed by atoms with Gasteiger partial charge in [0.15, 0.2) is 5.13 Å². The van der Waals surface area contributed by atoms with Gasteiger partial charge in [-0.3, -0.25) is 14.9 Å². The summed E-state index contributed by atoms with van der Waals surface area (Å²) < 4.78 is 6.34. The number of nitrogens with zero attached hydrogens (tertiary/aromatic N) is 2.